The molecule has 3 aliphatic rings. The van der Waals surface area contributed by atoms with Gasteiger partial charge < -0.3 is 26.8 Å². The van der Waals surface area contributed by atoms with E-state index in [4.69, 9.17) is 23.1 Å². The molecule has 4 rings (SSSR count). The van der Waals surface area contributed by atoms with Crippen LogP contribution in [0.2, 0.25) is 0 Å². The maximum absolute atomic E-state index is 12.6. The Kier molecular flexibility index (Phi) is 9.07. The summed E-state index contributed by atoms with van der Waals surface area (Å²) >= 11 is 6.64. The number of hydrogen-bond acceptors (Lipinski definition) is 4. The summed E-state index contributed by atoms with van der Waals surface area (Å²) in [5.41, 5.74) is 12.5. The molecule has 0 aliphatic heterocycles. The number of nitrogens with one attached hydrogen (secondary N) is 1. The number of rotatable bonds is 9. The van der Waals surface area contributed by atoms with E-state index in [1.807, 2.05) is 24.3 Å². The van der Waals surface area contributed by atoms with Gasteiger partial charge >= 0.3 is 7.12 Å². The second-order valence-corrected chi connectivity index (χ2v) is 9.61. The molecule has 10 heteroatoms. The molecule has 0 spiro atoms. The number of nitrogens with zero attached hydrogens (tertiary/aromatic N) is 1. The SMILES string of the molecule is Cl.NC(N)=NCCCC[C@H](NC(=O)c1ccc(C23CCC(Cl)(CC2)CC3)cc1)B(O)O. The van der Waals surface area contributed by atoms with Crippen molar-refractivity contribution in [2.45, 2.75) is 74.0 Å². The lowest BCUT2D eigenvalue weighted by molar-refractivity contribution is 0.0940. The Labute approximate surface area is 195 Å². The van der Waals surface area contributed by atoms with Crippen molar-refractivity contribution in [3.8, 4) is 0 Å². The highest BCUT2D eigenvalue weighted by Crippen LogP contribution is 2.56. The zero-order chi connectivity index (χ0) is 21.8. The lowest BCUT2D eigenvalue weighted by Crippen LogP contribution is -2.46. The molecule has 1 amide bonds. The highest BCUT2D eigenvalue weighted by atomic mass is 35.5. The van der Waals surface area contributed by atoms with Gasteiger partial charge in [-0.2, -0.15) is 0 Å². The summed E-state index contributed by atoms with van der Waals surface area (Å²) in [7, 11) is -1.63. The molecule has 0 aromatic heterocycles. The van der Waals surface area contributed by atoms with Crippen LogP contribution in [0, 0.1) is 0 Å². The van der Waals surface area contributed by atoms with Crippen molar-refractivity contribution >= 4 is 43.0 Å². The van der Waals surface area contributed by atoms with Gasteiger partial charge in [-0.3, -0.25) is 9.79 Å². The van der Waals surface area contributed by atoms with Crippen LogP contribution < -0.4 is 16.8 Å². The van der Waals surface area contributed by atoms with Gasteiger partial charge in [-0.05, 0) is 74.5 Å². The predicted octanol–water partition coefficient (Wildman–Crippen LogP) is 2.25. The molecule has 7 N–H and O–H groups in total. The molecule has 1 aromatic carbocycles. The van der Waals surface area contributed by atoms with Gasteiger partial charge in [0.25, 0.3) is 5.91 Å². The van der Waals surface area contributed by atoms with Crippen LogP contribution in [0.25, 0.3) is 0 Å². The Bertz CT molecular complexity index is 748. The zero-order valence-corrected chi connectivity index (χ0v) is 19.3. The zero-order valence-electron chi connectivity index (χ0n) is 17.7. The largest absolute Gasteiger partial charge is 0.475 e. The standard InChI is InChI=1S/C21H32BClN4O3.ClH/c23-21-11-8-20(9-12-21,10-13-21)16-6-4-15(5-7-16)18(28)27-17(22(29)30)3-1-2-14-26-19(24)25;/h4-7,17,29-30H,1-3,8-14H2,(H,27,28)(H4,24,25,26);1H/t17-,20?,21?;/m0./s1. The molecule has 3 fully saturated rings. The molecule has 1 atom stereocenters. The van der Waals surface area contributed by atoms with E-state index in [0.29, 0.717) is 31.4 Å². The number of alkyl halides is 1. The number of fused-ring (bicyclic) bond motifs is 3. The van der Waals surface area contributed by atoms with Gasteiger partial charge in [-0.15, -0.1) is 24.0 Å². The number of nitrogens with two attached hydrogens (primary N) is 2. The van der Waals surface area contributed by atoms with E-state index >= 15 is 0 Å². The number of carbonyl (C=O) groups is 1. The fraction of sp³-hybridized carbons (Fsp3) is 0.619. The summed E-state index contributed by atoms with van der Waals surface area (Å²) in [5, 5.41) is 22.0. The van der Waals surface area contributed by atoms with Crippen molar-refractivity contribution in [3.05, 3.63) is 35.4 Å². The van der Waals surface area contributed by atoms with Gasteiger partial charge in [0.05, 0.1) is 5.94 Å². The second kappa shape index (κ2) is 10.9. The van der Waals surface area contributed by atoms with Gasteiger partial charge in [0.1, 0.15) is 0 Å². The molecule has 31 heavy (non-hydrogen) atoms. The summed E-state index contributed by atoms with van der Waals surface area (Å²) < 4.78 is 0. The maximum atomic E-state index is 12.6. The molecule has 0 unspecified atom stereocenters. The third-order valence-electron chi connectivity index (χ3n) is 6.81. The Hall–Kier alpha value is -1.48. The first-order valence-electron chi connectivity index (χ1n) is 10.7. The molecule has 172 valence electrons. The van der Waals surface area contributed by atoms with Crippen molar-refractivity contribution in [2.75, 3.05) is 6.54 Å². The van der Waals surface area contributed by atoms with Gasteiger partial charge in [0, 0.05) is 17.0 Å². The quantitative estimate of drug-likeness (QED) is 0.124. The van der Waals surface area contributed by atoms with Crippen LogP contribution in [-0.4, -0.2) is 46.4 Å². The number of guanidine groups is 1. The lowest BCUT2D eigenvalue weighted by Gasteiger charge is -2.51. The Morgan fingerprint density at radius 2 is 1.68 bits per heavy atom. The lowest BCUT2D eigenvalue weighted by atomic mass is 9.57. The molecule has 3 aliphatic carbocycles. The van der Waals surface area contributed by atoms with E-state index in [1.165, 1.54) is 5.56 Å². The van der Waals surface area contributed by atoms with Crippen molar-refractivity contribution < 1.29 is 14.8 Å². The van der Waals surface area contributed by atoms with Crippen LogP contribution in [0.15, 0.2) is 29.3 Å². The monoisotopic (exact) mass is 470 g/mol. The topological polar surface area (TPSA) is 134 Å². The van der Waals surface area contributed by atoms with Crippen LogP contribution in [0.4, 0.5) is 0 Å². The molecule has 1 aromatic rings. The summed E-state index contributed by atoms with van der Waals surface area (Å²) in [6, 6.07) is 7.74. The van der Waals surface area contributed by atoms with Gasteiger partial charge in [-0.25, -0.2) is 0 Å². The third kappa shape index (κ3) is 6.51. The molecule has 2 bridgehead atoms. The number of unbranched alkanes of at least 4 members (excludes halogenated alkanes) is 1. The molecule has 0 radical (unpaired) electrons. The van der Waals surface area contributed by atoms with Gasteiger partial charge in [0.15, 0.2) is 5.96 Å². The van der Waals surface area contributed by atoms with Crippen molar-refractivity contribution in [1.82, 2.24) is 5.32 Å². The highest BCUT2D eigenvalue weighted by molar-refractivity contribution is 6.43. The van der Waals surface area contributed by atoms with Crippen molar-refractivity contribution in [1.29, 1.82) is 0 Å². The average molecular weight is 471 g/mol. The van der Waals surface area contributed by atoms with Gasteiger partial charge in [-0.1, -0.05) is 18.6 Å². The first kappa shape index (κ1) is 25.8. The molecule has 7 nitrogen and oxygen atoms in total. The van der Waals surface area contributed by atoms with E-state index in [2.05, 4.69) is 10.3 Å². The summed E-state index contributed by atoms with van der Waals surface area (Å²) in [6.07, 6.45) is 8.22. The van der Waals surface area contributed by atoms with E-state index in [1.54, 1.807) is 0 Å². The minimum Gasteiger partial charge on any atom is -0.426 e. The predicted molar refractivity (Wildman–Crippen MR) is 128 cm³/mol. The Morgan fingerprint density at radius 3 is 2.19 bits per heavy atom. The van der Waals surface area contributed by atoms with Crippen LogP contribution >= 0.6 is 24.0 Å². The average Bonchev–Trinajstić information content (AvgIpc) is 2.73. The fourth-order valence-electron chi connectivity index (χ4n) is 4.78. The van der Waals surface area contributed by atoms with Crippen LogP contribution in [0.5, 0.6) is 0 Å². The second-order valence-electron chi connectivity index (χ2n) is 8.80. The number of halogens is 2. The van der Waals surface area contributed by atoms with Gasteiger partial charge in [0.2, 0.25) is 0 Å². The van der Waals surface area contributed by atoms with E-state index in [9.17, 15) is 14.8 Å². The van der Waals surface area contributed by atoms with Crippen molar-refractivity contribution in [3.63, 3.8) is 0 Å². The summed E-state index contributed by atoms with van der Waals surface area (Å²) in [6.45, 7) is 0.471. The number of hydrogen-bond donors (Lipinski definition) is 5. The molecular formula is C21H33BCl2N4O3. The number of aliphatic imine (C=N–C) groups is 1. The molecule has 0 heterocycles. The number of carbonyl (C=O) groups excluding carboxylic acids is 1. The van der Waals surface area contributed by atoms with E-state index in [0.717, 1.165) is 38.5 Å². The fourth-order valence-corrected chi connectivity index (χ4v) is 5.06. The van der Waals surface area contributed by atoms with Crippen LogP contribution in [0.3, 0.4) is 0 Å². The minimum atomic E-state index is -1.63. The smallest absolute Gasteiger partial charge is 0.426 e. The number of benzene rings is 1. The van der Waals surface area contributed by atoms with Crippen LogP contribution in [-0.2, 0) is 5.41 Å². The Balaban J connectivity index is 0.00000341. The highest BCUT2D eigenvalue weighted by Gasteiger charge is 2.48. The maximum Gasteiger partial charge on any atom is 0.475 e. The normalized spacial score (nSPS) is 25.3. The van der Waals surface area contributed by atoms with Crippen molar-refractivity contribution in [2.24, 2.45) is 16.5 Å². The van der Waals surface area contributed by atoms with E-state index < -0.39 is 13.1 Å². The summed E-state index contributed by atoms with van der Waals surface area (Å²) in [4.78, 5) is 16.5. The third-order valence-corrected chi connectivity index (χ3v) is 7.38. The first-order valence-corrected chi connectivity index (χ1v) is 11.1. The Morgan fingerprint density at radius 1 is 1.10 bits per heavy atom. The molecule has 3 saturated carbocycles. The van der Waals surface area contributed by atoms with Crippen LogP contribution in [0.1, 0.15) is 73.7 Å². The molecular weight excluding hydrogens is 438 g/mol. The minimum absolute atomic E-state index is 0. The van der Waals surface area contributed by atoms with E-state index in [-0.39, 0.29) is 34.6 Å². The number of amides is 1. The first-order chi connectivity index (χ1) is 14.2. The molecule has 0 saturated heterocycles. The summed E-state index contributed by atoms with van der Waals surface area (Å²) in [5.74, 6) is -1.02.